The lowest BCUT2D eigenvalue weighted by molar-refractivity contribution is 0.0425. The summed E-state index contributed by atoms with van der Waals surface area (Å²) in [6.45, 7) is 4.02. The van der Waals surface area contributed by atoms with Crippen molar-refractivity contribution in [1.29, 1.82) is 0 Å². The van der Waals surface area contributed by atoms with E-state index in [4.69, 9.17) is 9.47 Å². The number of ether oxygens (including phenoxy) is 2. The Morgan fingerprint density at radius 2 is 1.80 bits per heavy atom. The van der Waals surface area contributed by atoms with E-state index in [1.54, 1.807) is 0 Å². The minimum Gasteiger partial charge on any atom is -0.492 e. The van der Waals surface area contributed by atoms with Gasteiger partial charge >= 0.3 is 6.09 Å². The van der Waals surface area contributed by atoms with Gasteiger partial charge in [-0.3, -0.25) is 0 Å². The Morgan fingerprint density at radius 1 is 1.04 bits per heavy atom. The first kappa shape index (κ1) is 19.6. The molecule has 0 atom stereocenters. The van der Waals surface area contributed by atoms with Gasteiger partial charge in [0.05, 0.1) is 6.54 Å². The number of hydrogen-bond acceptors (Lipinski definition) is 3. The number of amides is 1. The molecule has 1 aromatic carbocycles. The van der Waals surface area contributed by atoms with E-state index >= 15 is 0 Å². The third kappa shape index (κ3) is 7.80. The van der Waals surface area contributed by atoms with Crippen LogP contribution in [0.5, 0.6) is 5.75 Å². The van der Waals surface area contributed by atoms with Crippen LogP contribution in [0.3, 0.4) is 0 Å². The molecule has 25 heavy (non-hydrogen) atoms. The van der Waals surface area contributed by atoms with Crippen LogP contribution in [0, 0.1) is 0 Å². The van der Waals surface area contributed by atoms with Crippen molar-refractivity contribution >= 4 is 6.09 Å². The van der Waals surface area contributed by atoms with Crippen molar-refractivity contribution in [2.45, 2.75) is 70.8 Å². The van der Waals surface area contributed by atoms with Crippen LogP contribution in [0.4, 0.5) is 4.79 Å². The summed E-state index contributed by atoms with van der Waals surface area (Å²) >= 11 is 0. The average molecular weight is 347 g/mol. The van der Waals surface area contributed by atoms with Gasteiger partial charge in [-0.2, -0.15) is 0 Å². The second-order valence-electron chi connectivity index (χ2n) is 6.85. The highest BCUT2D eigenvalue weighted by Gasteiger charge is 2.21. The van der Waals surface area contributed by atoms with Gasteiger partial charge in [0.15, 0.2) is 0 Å². The van der Waals surface area contributed by atoms with E-state index in [9.17, 15) is 4.79 Å². The number of unbranched alkanes of at least 4 members (excludes halogenated alkanes) is 3. The molecule has 0 aliphatic heterocycles. The first-order valence-electron chi connectivity index (χ1n) is 9.93. The summed E-state index contributed by atoms with van der Waals surface area (Å²) in [6.07, 6.45) is 10.2. The van der Waals surface area contributed by atoms with Crippen molar-refractivity contribution in [3.63, 3.8) is 0 Å². The molecule has 2 rings (SSSR count). The number of rotatable bonds is 10. The molecule has 4 nitrogen and oxygen atoms in total. The normalized spacial score (nSPS) is 14.9. The van der Waals surface area contributed by atoms with Gasteiger partial charge in [-0.25, -0.2) is 4.79 Å². The zero-order valence-electron chi connectivity index (χ0n) is 15.6. The second kappa shape index (κ2) is 11.8. The average Bonchev–Trinajstić information content (AvgIpc) is 2.65. The number of para-hydroxylation sites is 1. The number of carbonyl (C=O) groups is 1. The molecule has 0 unspecified atom stereocenters. The van der Waals surface area contributed by atoms with Gasteiger partial charge in [0.25, 0.3) is 0 Å². The zero-order valence-corrected chi connectivity index (χ0v) is 15.6. The third-order valence-corrected chi connectivity index (χ3v) is 4.73. The molecule has 1 aromatic rings. The number of hydrogen-bond donors (Lipinski definition) is 0. The number of nitrogens with zero attached hydrogens (tertiary/aromatic N) is 1. The highest BCUT2D eigenvalue weighted by Crippen LogP contribution is 2.21. The lowest BCUT2D eigenvalue weighted by Crippen LogP contribution is -2.38. The monoisotopic (exact) mass is 347 g/mol. The van der Waals surface area contributed by atoms with Gasteiger partial charge in [-0.15, -0.1) is 0 Å². The van der Waals surface area contributed by atoms with Crippen molar-refractivity contribution in [2.24, 2.45) is 0 Å². The summed E-state index contributed by atoms with van der Waals surface area (Å²) in [6, 6.07) is 9.75. The van der Waals surface area contributed by atoms with Crippen molar-refractivity contribution in [2.75, 3.05) is 19.7 Å². The van der Waals surface area contributed by atoms with Gasteiger partial charge in [-0.05, 0) is 44.2 Å². The van der Waals surface area contributed by atoms with E-state index < -0.39 is 0 Å². The molecule has 0 saturated heterocycles. The second-order valence-corrected chi connectivity index (χ2v) is 6.85. The van der Waals surface area contributed by atoms with Crippen molar-refractivity contribution in [3.8, 4) is 5.75 Å². The first-order chi connectivity index (χ1) is 12.3. The quantitative estimate of drug-likeness (QED) is 0.531. The van der Waals surface area contributed by atoms with Crippen LogP contribution < -0.4 is 4.74 Å². The molecule has 1 aliphatic rings. The maximum atomic E-state index is 12.6. The lowest BCUT2D eigenvalue weighted by atomic mass is 9.98. The van der Waals surface area contributed by atoms with Crippen LogP contribution in [-0.4, -0.2) is 36.8 Å². The van der Waals surface area contributed by atoms with E-state index in [0.717, 1.165) is 38.0 Å². The first-order valence-corrected chi connectivity index (χ1v) is 9.93. The van der Waals surface area contributed by atoms with Crippen molar-refractivity contribution in [3.05, 3.63) is 30.3 Å². The molecule has 4 heteroatoms. The highest BCUT2D eigenvalue weighted by atomic mass is 16.6. The summed E-state index contributed by atoms with van der Waals surface area (Å²) in [7, 11) is 0. The zero-order chi connectivity index (χ0) is 17.7. The standard InChI is InChI=1S/C21H33NO3/c1-2-3-4-11-16-22(17-18-24-19-12-7-5-8-13-19)21(23)25-20-14-9-6-10-15-20/h5,7-8,12-13,20H,2-4,6,9-11,14-18H2,1H3. The van der Waals surface area contributed by atoms with Gasteiger partial charge in [0.2, 0.25) is 0 Å². The predicted octanol–water partition coefficient (Wildman–Crippen LogP) is 5.42. The molecule has 0 spiro atoms. The van der Waals surface area contributed by atoms with Crippen LogP contribution in [0.1, 0.15) is 64.7 Å². The fourth-order valence-corrected chi connectivity index (χ4v) is 3.21. The van der Waals surface area contributed by atoms with Gasteiger partial charge < -0.3 is 14.4 Å². The van der Waals surface area contributed by atoms with E-state index in [-0.39, 0.29) is 12.2 Å². The molecule has 1 amide bonds. The minimum absolute atomic E-state index is 0.106. The van der Waals surface area contributed by atoms with Gasteiger partial charge in [0.1, 0.15) is 18.5 Å². The van der Waals surface area contributed by atoms with Crippen LogP contribution in [0.2, 0.25) is 0 Å². The Bertz CT molecular complexity index is 471. The Hall–Kier alpha value is -1.71. The molecule has 0 aromatic heterocycles. The maximum absolute atomic E-state index is 12.6. The number of benzene rings is 1. The van der Waals surface area contributed by atoms with Crippen LogP contribution in [-0.2, 0) is 4.74 Å². The van der Waals surface area contributed by atoms with Crippen molar-refractivity contribution < 1.29 is 14.3 Å². The molecule has 1 fully saturated rings. The molecule has 0 heterocycles. The summed E-state index contributed by atoms with van der Waals surface area (Å²) in [4.78, 5) is 14.4. The van der Waals surface area contributed by atoms with Crippen LogP contribution >= 0.6 is 0 Å². The summed E-state index contributed by atoms with van der Waals surface area (Å²) in [5, 5.41) is 0. The maximum Gasteiger partial charge on any atom is 0.410 e. The smallest absolute Gasteiger partial charge is 0.410 e. The van der Waals surface area contributed by atoms with Gasteiger partial charge in [0, 0.05) is 6.54 Å². The van der Waals surface area contributed by atoms with E-state index in [0.29, 0.717) is 13.2 Å². The highest BCUT2D eigenvalue weighted by molar-refractivity contribution is 5.67. The SMILES string of the molecule is CCCCCCN(CCOc1ccccc1)C(=O)OC1CCCCC1. The van der Waals surface area contributed by atoms with Crippen LogP contribution in [0.25, 0.3) is 0 Å². The Kier molecular flexibility index (Phi) is 9.24. The largest absolute Gasteiger partial charge is 0.492 e. The molecule has 0 N–H and O–H groups in total. The van der Waals surface area contributed by atoms with Crippen molar-refractivity contribution in [1.82, 2.24) is 4.90 Å². The Morgan fingerprint density at radius 3 is 2.52 bits per heavy atom. The summed E-state index contributed by atoms with van der Waals surface area (Å²) in [5.74, 6) is 0.842. The topological polar surface area (TPSA) is 38.8 Å². The van der Waals surface area contributed by atoms with Gasteiger partial charge in [-0.1, -0.05) is 50.8 Å². The van der Waals surface area contributed by atoms with E-state index in [1.165, 1.54) is 32.1 Å². The molecule has 0 bridgehead atoms. The van der Waals surface area contributed by atoms with E-state index in [2.05, 4.69) is 6.92 Å². The Balaban J connectivity index is 1.79. The molecular formula is C21H33NO3. The third-order valence-electron chi connectivity index (χ3n) is 4.73. The molecule has 140 valence electrons. The summed E-state index contributed by atoms with van der Waals surface area (Å²) in [5.41, 5.74) is 0. The molecule has 1 aliphatic carbocycles. The molecule has 0 radical (unpaired) electrons. The van der Waals surface area contributed by atoms with E-state index in [1.807, 2.05) is 35.2 Å². The Labute approximate surface area is 152 Å². The lowest BCUT2D eigenvalue weighted by Gasteiger charge is -2.27. The number of carbonyl (C=O) groups excluding carboxylic acids is 1. The fraction of sp³-hybridized carbons (Fsp3) is 0.667. The molecular weight excluding hydrogens is 314 g/mol. The molecule has 1 saturated carbocycles. The summed E-state index contributed by atoms with van der Waals surface area (Å²) < 4.78 is 11.5. The fourth-order valence-electron chi connectivity index (χ4n) is 3.21. The predicted molar refractivity (Wildman–Crippen MR) is 101 cm³/mol. The minimum atomic E-state index is -0.167. The van der Waals surface area contributed by atoms with Crippen LogP contribution in [0.15, 0.2) is 30.3 Å².